The number of carbonyl (C=O) groups is 1. The Kier molecular flexibility index (Phi) is 3.62. The summed E-state index contributed by atoms with van der Waals surface area (Å²) in [5, 5.41) is 12.6. The van der Waals surface area contributed by atoms with Gasteiger partial charge in [0.05, 0.1) is 21.6 Å². The molecule has 1 atom stereocenters. The molecule has 1 spiro atoms. The van der Waals surface area contributed by atoms with E-state index in [1.54, 1.807) is 9.47 Å². The fourth-order valence-electron chi connectivity index (χ4n) is 4.43. The van der Waals surface area contributed by atoms with Gasteiger partial charge in [-0.05, 0) is 31.7 Å². The van der Waals surface area contributed by atoms with Crippen LogP contribution in [0.1, 0.15) is 42.1 Å². The number of fused-ring (bicyclic) bond motifs is 1. The van der Waals surface area contributed by atoms with Crippen LogP contribution < -0.4 is 10.3 Å². The molecule has 0 radical (unpaired) electrons. The van der Waals surface area contributed by atoms with Crippen LogP contribution in [0.15, 0.2) is 22.2 Å². The molecule has 1 N–H and O–H groups in total. The van der Waals surface area contributed by atoms with Crippen molar-refractivity contribution in [3.63, 3.8) is 0 Å². The van der Waals surface area contributed by atoms with Crippen LogP contribution in [0.3, 0.4) is 0 Å². The largest absolute Gasteiger partial charge is 0.477 e. The smallest absolute Gasteiger partial charge is 0.341 e. The maximum absolute atomic E-state index is 15.1. The maximum Gasteiger partial charge on any atom is 0.341 e. The van der Waals surface area contributed by atoms with E-state index in [0.29, 0.717) is 12.1 Å². The first-order valence-corrected chi connectivity index (χ1v) is 9.61. The molecule has 2 heterocycles. The minimum Gasteiger partial charge on any atom is -0.477 e. The molecule has 5 rings (SSSR count). The SMILES string of the molecule is O=NC1CN(c2c(F)cc3c(=O)c(C(=O)O)cn(C4CC4)c3c2Cl)CC12CC2. The molecular formula is C19H17ClFN3O4. The number of nitrogens with zero attached hydrogens (tertiary/aromatic N) is 3. The number of benzene rings is 1. The zero-order chi connectivity index (χ0) is 19.8. The summed E-state index contributed by atoms with van der Waals surface area (Å²) in [6, 6.07) is 0.708. The van der Waals surface area contributed by atoms with Crippen molar-refractivity contribution in [2.24, 2.45) is 10.6 Å². The van der Waals surface area contributed by atoms with E-state index in [9.17, 15) is 19.6 Å². The lowest BCUT2D eigenvalue weighted by Crippen LogP contribution is -2.24. The van der Waals surface area contributed by atoms with E-state index >= 15 is 4.39 Å². The molecule has 1 aromatic carbocycles. The van der Waals surface area contributed by atoms with Crippen molar-refractivity contribution in [2.75, 3.05) is 18.0 Å². The highest BCUT2D eigenvalue weighted by atomic mass is 35.5. The number of carboxylic acid groups (broad SMARTS) is 1. The molecule has 1 aliphatic heterocycles. The second kappa shape index (κ2) is 5.76. The number of hydrogen-bond donors (Lipinski definition) is 1. The minimum absolute atomic E-state index is 0.0368. The average molecular weight is 406 g/mol. The number of hydrogen-bond acceptors (Lipinski definition) is 5. The summed E-state index contributed by atoms with van der Waals surface area (Å²) in [6.45, 7) is 0.777. The van der Waals surface area contributed by atoms with Crippen LogP contribution in [-0.2, 0) is 0 Å². The lowest BCUT2D eigenvalue weighted by Gasteiger charge is -2.23. The van der Waals surface area contributed by atoms with Gasteiger partial charge < -0.3 is 14.6 Å². The second-order valence-corrected chi connectivity index (χ2v) is 8.47. The van der Waals surface area contributed by atoms with E-state index in [1.807, 2.05) is 0 Å². The summed E-state index contributed by atoms with van der Waals surface area (Å²) in [5.41, 5.74) is -0.841. The van der Waals surface area contributed by atoms with E-state index in [0.717, 1.165) is 31.7 Å². The van der Waals surface area contributed by atoms with E-state index in [4.69, 9.17) is 11.6 Å². The molecule has 2 aromatic rings. The van der Waals surface area contributed by atoms with Crippen molar-refractivity contribution in [2.45, 2.75) is 37.8 Å². The maximum atomic E-state index is 15.1. The monoisotopic (exact) mass is 405 g/mol. The van der Waals surface area contributed by atoms with Gasteiger partial charge in [-0.2, -0.15) is 4.91 Å². The van der Waals surface area contributed by atoms with Crippen LogP contribution in [0.4, 0.5) is 10.1 Å². The van der Waals surface area contributed by atoms with Crippen LogP contribution in [0.25, 0.3) is 10.9 Å². The van der Waals surface area contributed by atoms with Crippen LogP contribution >= 0.6 is 11.6 Å². The minimum atomic E-state index is -1.35. The molecule has 2 saturated carbocycles. The third-order valence-electron chi connectivity index (χ3n) is 6.30. The Morgan fingerprint density at radius 2 is 2.07 bits per heavy atom. The number of pyridine rings is 1. The van der Waals surface area contributed by atoms with Gasteiger partial charge in [-0.25, -0.2) is 9.18 Å². The quantitative estimate of drug-likeness (QED) is 0.785. The molecule has 0 bridgehead atoms. The number of aromatic carboxylic acids is 1. The Balaban J connectivity index is 1.73. The molecule has 2 aliphatic carbocycles. The summed E-state index contributed by atoms with van der Waals surface area (Å²) in [4.78, 5) is 37.0. The van der Waals surface area contributed by atoms with E-state index in [-0.39, 0.29) is 34.1 Å². The van der Waals surface area contributed by atoms with Gasteiger partial charge in [0.15, 0.2) is 0 Å². The van der Waals surface area contributed by atoms with E-state index in [1.165, 1.54) is 6.20 Å². The fraction of sp³-hybridized carbons (Fsp3) is 0.474. The molecule has 1 unspecified atom stereocenters. The highest BCUT2D eigenvalue weighted by Crippen LogP contribution is 2.55. The molecular weight excluding hydrogens is 389 g/mol. The summed E-state index contributed by atoms with van der Waals surface area (Å²) in [6.07, 6.45) is 4.73. The Morgan fingerprint density at radius 3 is 2.61 bits per heavy atom. The number of nitroso groups, excluding NO2 is 1. The third kappa shape index (κ3) is 2.40. The molecule has 1 aromatic heterocycles. The topological polar surface area (TPSA) is 92.0 Å². The van der Waals surface area contributed by atoms with E-state index in [2.05, 4.69) is 5.18 Å². The first kappa shape index (κ1) is 17.6. The number of halogens is 2. The van der Waals surface area contributed by atoms with Crippen molar-refractivity contribution in [3.8, 4) is 0 Å². The number of rotatable bonds is 4. The van der Waals surface area contributed by atoms with E-state index < -0.39 is 28.8 Å². The normalized spacial score (nSPS) is 22.8. The summed E-state index contributed by atoms with van der Waals surface area (Å²) in [5.74, 6) is -2.04. The zero-order valence-corrected chi connectivity index (χ0v) is 15.6. The van der Waals surface area contributed by atoms with Gasteiger partial charge in [0.2, 0.25) is 5.43 Å². The van der Waals surface area contributed by atoms with Crippen LogP contribution in [0.2, 0.25) is 5.02 Å². The van der Waals surface area contributed by atoms with Crippen molar-refractivity contribution < 1.29 is 14.3 Å². The molecule has 146 valence electrons. The fourth-order valence-corrected chi connectivity index (χ4v) is 4.84. The van der Waals surface area contributed by atoms with Gasteiger partial charge in [-0.15, -0.1) is 0 Å². The number of aromatic nitrogens is 1. The highest BCUT2D eigenvalue weighted by Gasteiger charge is 2.56. The summed E-state index contributed by atoms with van der Waals surface area (Å²) >= 11 is 6.61. The molecule has 28 heavy (non-hydrogen) atoms. The van der Waals surface area contributed by atoms with Gasteiger partial charge in [0, 0.05) is 30.7 Å². The summed E-state index contributed by atoms with van der Waals surface area (Å²) in [7, 11) is 0. The van der Waals surface area contributed by atoms with Gasteiger partial charge in [0.1, 0.15) is 17.4 Å². The van der Waals surface area contributed by atoms with Crippen LogP contribution in [0, 0.1) is 16.1 Å². The molecule has 0 amide bonds. The molecule has 9 heteroatoms. The second-order valence-electron chi connectivity index (χ2n) is 8.10. The third-order valence-corrected chi connectivity index (χ3v) is 6.65. The Morgan fingerprint density at radius 1 is 1.36 bits per heavy atom. The van der Waals surface area contributed by atoms with Crippen LogP contribution in [0.5, 0.6) is 0 Å². The molecule has 3 fully saturated rings. The first-order valence-electron chi connectivity index (χ1n) is 9.24. The Labute approximate surface area is 163 Å². The number of carboxylic acids is 1. The van der Waals surface area contributed by atoms with Gasteiger partial charge in [0.25, 0.3) is 0 Å². The first-order chi connectivity index (χ1) is 13.4. The molecule has 1 saturated heterocycles. The Bertz CT molecular complexity index is 1110. The van der Waals surface area contributed by atoms with Gasteiger partial charge in [-0.3, -0.25) is 4.79 Å². The highest BCUT2D eigenvalue weighted by molar-refractivity contribution is 6.38. The lowest BCUT2D eigenvalue weighted by molar-refractivity contribution is 0.0695. The summed E-state index contributed by atoms with van der Waals surface area (Å²) < 4.78 is 16.8. The van der Waals surface area contributed by atoms with Crippen molar-refractivity contribution in [1.29, 1.82) is 0 Å². The van der Waals surface area contributed by atoms with Crippen molar-refractivity contribution in [3.05, 3.63) is 43.8 Å². The lowest BCUT2D eigenvalue weighted by atomic mass is 10.0. The Hall–Kier alpha value is -2.48. The predicted molar refractivity (Wildman–Crippen MR) is 102 cm³/mol. The van der Waals surface area contributed by atoms with Crippen molar-refractivity contribution >= 4 is 34.2 Å². The number of anilines is 1. The van der Waals surface area contributed by atoms with Gasteiger partial charge in [-0.1, -0.05) is 16.8 Å². The van der Waals surface area contributed by atoms with Crippen LogP contribution in [-0.4, -0.2) is 34.8 Å². The van der Waals surface area contributed by atoms with Gasteiger partial charge >= 0.3 is 5.97 Å². The molecule has 7 nitrogen and oxygen atoms in total. The molecule has 3 aliphatic rings. The predicted octanol–water partition coefficient (Wildman–Crippen LogP) is 3.56. The standard InChI is InChI=1S/C19H17ClFN3O4/c20-14-15-10(17(25)11(18(26)27)6-24(15)9-1-2-9)5-12(21)16(14)23-7-13(22-28)19(8-23)3-4-19/h5-6,9,13H,1-4,7-8H2,(H,26,27). The average Bonchev–Trinajstić information content (AvgIpc) is 3.54. The zero-order valence-electron chi connectivity index (χ0n) is 14.8. The van der Waals surface area contributed by atoms with Crippen molar-refractivity contribution in [1.82, 2.24) is 4.57 Å².